The number of halogens is 1. The Morgan fingerprint density at radius 1 is 0.966 bits per heavy atom. The molecule has 0 amide bonds. The van der Waals surface area contributed by atoms with E-state index in [1.54, 1.807) is 24.3 Å². The van der Waals surface area contributed by atoms with Gasteiger partial charge in [0.25, 0.3) is 10.1 Å². The quantitative estimate of drug-likeness (QED) is 0.112. The number of quaternary nitrogens is 1. The molecule has 1 aromatic carbocycles. The number of nitrogens with zero attached hydrogens (tertiary/aromatic N) is 1. The Hall–Kier alpha value is -0.620. The zero-order chi connectivity index (χ0) is 21.0. The van der Waals surface area contributed by atoms with Crippen molar-refractivity contribution in [2.75, 3.05) is 32.8 Å². The van der Waals surface area contributed by atoms with Crippen LogP contribution in [0, 0.1) is 16.8 Å². The summed E-state index contributed by atoms with van der Waals surface area (Å²) in [6.07, 6.45) is 10.7. The van der Waals surface area contributed by atoms with Gasteiger partial charge in [0.05, 0.1) is 31.1 Å². The summed E-state index contributed by atoms with van der Waals surface area (Å²) in [6, 6.07) is 6.79. The monoisotopic (exact) mass is 532 g/mol. The van der Waals surface area contributed by atoms with Crippen LogP contribution in [0.25, 0.3) is 0 Å². The molecule has 0 radical (unpaired) electrons. The summed E-state index contributed by atoms with van der Waals surface area (Å²) in [4.78, 5) is 0.242. The summed E-state index contributed by atoms with van der Waals surface area (Å²) in [5, 5.41) is 0. The first-order chi connectivity index (χ1) is 14.0. The van der Waals surface area contributed by atoms with E-state index in [0.29, 0.717) is 0 Å². The van der Waals surface area contributed by atoms with Crippen molar-refractivity contribution in [3.8, 4) is 9.85 Å². The SMILES string of the molecule is Cc1ccc(S(=O)(=O)OCCCCCCCCC[N+]2(CC#CI)CCCC2)cc1. The first kappa shape index (κ1) is 24.6. The van der Waals surface area contributed by atoms with E-state index in [1.807, 2.05) is 6.92 Å². The molecule has 1 fully saturated rings. The maximum atomic E-state index is 12.1. The number of aryl methyl sites for hydroxylation is 1. The molecule has 162 valence electrons. The van der Waals surface area contributed by atoms with Crippen LogP contribution >= 0.6 is 22.6 Å². The van der Waals surface area contributed by atoms with Gasteiger partial charge in [-0.15, -0.1) is 0 Å². The van der Waals surface area contributed by atoms with Gasteiger partial charge >= 0.3 is 0 Å². The lowest BCUT2D eigenvalue weighted by Crippen LogP contribution is -2.46. The first-order valence-electron chi connectivity index (χ1n) is 10.9. The fraction of sp³-hybridized carbons (Fsp3) is 0.652. The maximum absolute atomic E-state index is 12.1. The van der Waals surface area contributed by atoms with Gasteiger partial charge in [-0.1, -0.05) is 43.4 Å². The molecular weight excluding hydrogens is 497 g/mol. The van der Waals surface area contributed by atoms with Crippen molar-refractivity contribution in [2.45, 2.75) is 69.6 Å². The molecule has 29 heavy (non-hydrogen) atoms. The molecule has 0 saturated carbocycles. The average molecular weight is 533 g/mol. The van der Waals surface area contributed by atoms with Crippen molar-refractivity contribution < 1.29 is 17.1 Å². The van der Waals surface area contributed by atoms with Crippen LogP contribution in [0.2, 0.25) is 0 Å². The highest BCUT2D eigenvalue weighted by molar-refractivity contribution is 14.1. The largest absolute Gasteiger partial charge is 0.313 e. The molecule has 1 aromatic rings. The second kappa shape index (κ2) is 12.9. The molecular formula is C23H35INO3S+. The van der Waals surface area contributed by atoms with Gasteiger partial charge in [0.15, 0.2) is 0 Å². The number of benzene rings is 1. The van der Waals surface area contributed by atoms with E-state index >= 15 is 0 Å². The van der Waals surface area contributed by atoms with E-state index < -0.39 is 10.1 Å². The summed E-state index contributed by atoms with van der Waals surface area (Å²) in [6.45, 7) is 7.11. The van der Waals surface area contributed by atoms with E-state index in [0.717, 1.165) is 31.4 Å². The summed E-state index contributed by atoms with van der Waals surface area (Å²) < 4.78 is 33.6. The lowest BCUT2D eigenvalue weighted by atomic mass is 10.1. The average Bonchev–Trinajstić information content (AvgIpc) is 3.17. The molecule has 0 spiro atoms. The van der Waals surface area contributed by atoms with Crippen molar-refractivity contribution in [3.05, 3.63) is 29.8 Å². The number of hydrogen-bond acceptors (Lipinski definition) is 3. The minimum absolute atomic E-state index is 0.242. The van der Waals surface area contributed by atoms with Crippen LogP contribution in [0.1, 0.15) is 63.4 Å². The fourth-order valence-corrected chi connectivity index (χ4v) is 5.15. The van der Waals surface area contributed by atoms with E-state index in [-0.39, 0.29) is 11.5 Å². The summed E-state index contributed by atoms with van der Waals surface area (Å²) >= 11 is 2.14. The van der Waals surface area contributed by atoms with E-state index in [2.05, 4.69) is 32.4 Å². The third kappa shape index (κ3) is 8.95. The Morgan fingerprint density at radius 3 is 2.17 bits per heavy atom. The predicted molar refractivity (Wildman–Crippen MR) is 127 cm³/mol. The third-order valence-corrected chi connectivity index (χ3v) is 7.53. The van der Waals surface area contributed by atoms with Gasteiger partial charge in [-0.3, -0.25) is 4.18 Å². The Morgan fingerprint density at radius 2 is 1.55 bits per heavy atom. The fourth-order valence-electron chi connectivity index (χ4n) is 4.04. The van der Waals surface area contributed by atoms with Gasteiger partial charge in [-0.05, 0) is 48.2 Å². The van der Waals surface area contributed by atoms with Crippen molar-refractivity contribution in [3.63, 3.8) is 0 Å². The number of likely N-dealkylation sites (tertiary alicyclic amines) is 1. The van der Waals surface area contributed by atoms with Gasteiger partial charge in [0, 0.05) is 35.4 Å². The molecule has 0 aliphatic carbocycles. The summed E-state index contributed by atoms with van der Waals surface area (Å²) in [7, 11) is -3.61. The Bertz CT molecular complexity index is 760. The highest BCUT2D eigenvalue weighted by atomic mass is 127. The van der Waals surface area contributed by atoms with Crippen LogP contribution in [0.3, 0.4) is 0 Å². The minimum atomic E-state index is -3.61. The lowest BCUT2D eigenvalue weighted by Gasteiger charge is -2.32. The van der Waals surface area contributed by atoms with Crippen LogP contribution in [0.5, 0.6) is 0 Å². The number of hydrogen-bond donors (Lipinski definition) is 0. The van der Waals surface area contributed by atoms with Gasteiger partial charge in [0.1, 0.15) is 6.54 Å². The topological polar surface area (TPSA) is 43.4 Å². The van der Waals surface area contributed by atoms with Crippen LogP contribution in [0.4, 0.5) is 0 Å². The second-order valence-electron chi connectivity index (χ2n) is 8.21. The highest BCUT2D eigenvalue weighted by Crippen LogP contribution is 2.21. The van der Waals surface area contributed by atoms with Crippen molar-refractivity contribution in [1.82, 2.24) is 0 Å². The number of unbranched alkanes of at least 4 members (excludes halogenated alkanes) is 6. The highest BCUT2D eigenvalue weighted by Gasteiger charge is 2.30. The van der Waals surface area contributed by atoms with Crippen LogP contribution in [-0.4, -0.2) is 45.7 Å². The molecule has 1 aliphatic heterocycles. The maximum Gasteiger partial charge on any atom is 0.296 e. The molecule has 0 N–H and O–H groups in total. The summed E-state index contributed by atoms with van der Waals surface area (Å²) in [5.74, 6) is 3.29. The van der Waals surface area contributed by atoms with Gasteiger partial charge < -0.3 is 4.48 Å². The van der Waals surface area contributed by atoms with Crippen LogP contribution < -0.4 is 0 Å². The van der Waals surface area contributed by atoms with Crippen LogP contribution in [-0.2, 0) is 14.3 Å². The molecule has 1 heterocycles. The normalized spacial score (nSPS) is 15.8. The first-order valence-corrected chi connectivity index (χ1v) is 13.4. The molecule has 4 nitrogen and oxygen atoms in total. The van der Waals surface area contributed by atoms with E-state index in [4.69, 9.17) is 4.18 Å². The molecule has 1 saturated heterocycles. The molecule has 2 rings (SSSR count). The third-order valence-electron chi connectivity index (χ3n) is 5.82. The van der Waals surface area contributed by atoms with E-state index in [9.17, 15) is 8.42 Å². The lowest BCUT2D eigenvalue weighted by molar-refractivity contribution is -0.910. The van der Waals surface area contributed by atoms with Crippen molar-refractivity contribution in [2.24, 2.45) is 0 Å². The smallest absolute Gasteiger partial charge is 0.296 e. The van der Waals surface area contributed by atoms with Crippen LogP contribution in [0.15, 0.2) is 29.2 Å². The molecule has 0 atom stereocenters. The standard InChI is InChI=1S/C23H35INO3S/c1-22-12-14-23(15-13-22)29(26,27)28-21-10-6-4-2-3-5-7-17-25(20-11-16-24)18-8-9-19-25/h12-15H,2-10,17-21H2,1H3/q+1. The molecule has 0 bridgehead atoms. The van der Waals surface area contributed by atoms with Gasteiger partial charge in [-0.2, -0.15) is 8.42 Å². The van der Waals surface area contributed by atoms with E-state index in [1.165, 1.54) is 62.6 Å². The predicted octanol–water partition coefficient (Wildman–Crippen LogP) is 5.44. The zero-order valence-electron chi connectivity index (χ0n) is 17.7. The summed E-state index contributed by atoms with van der Waals surface area (Å²) in [5.41, 5.74) is 1.04. The number of rotatable bonds is 13. The van der Waals surface area contributed by atoms with Crippen molar-refractivity contribution in [1.29, 1.82) is 0 Å². The Labute approximate surface area is 191 Å². The second-order valence-corrected chi connectivity index (χ2v) is 10.4. The van der Waals surface area contributed by atoms with Gasteiger partial charge in [-0.25, -0.2) is 0 Å². The molecule has 0 aromatic heterocycles. The molecule has 0 unspecified atom stereocenters. The van der Waals surface area contributed by atoms with Gasteiger partial charge in [0.2, 0.25) is 0 Å². The Balaban J connectivity index is 1.51. The minimum Gasteiger partial charge on any atom is -0.313 e. The molecule has 1 aliphatic rings. The van der Waals surface area contributed by atoms with Crippen molar-refractivity contribution >= 4 is 32.7 Å². The Kier molecular flexibility index (Phi) is 11.0. The zero-order valence-corrected chi connectivity index (χ0v) is 20.6. The molecule has 6 heteroatoms.